The largest absolute Gasteiger partial charge is 0.468 e. The molecule has 1 rings (SSSR count). The van der Waals surface area contributed by atoms with Crippen LogP contribution in [0.3, 0.4) is 0 Å². The van der Waals surface area contributed by atoms with Crippen molar-refractivity contribution in [2.75, 3.05) is 7.11 Å². The van der Waals surface area contributed by atoms with Gasteiger partial charge in [-0.05, 0) is 6.07 Å². The molecule has 1 aromatic rings. The molecule has 6 heteroatoms. The van der Waals surface area contributed by atoms with E-state index < -0.39 is 11.5 Å². The lowest BCUT2D eigenvalue weighted by atomic mass is 10.5. The van der Waals surface area contributed by atoms with Crippen LogP contribution >= 0.6 is 11.6 Å². The number of carbonyl (C=O) groups is 1. The van der Waals surface area contributed by atoms with Crippen LogP contribution in [0.5, 0.6) is 0 Å². The van der Waals surface area contributed by atoms with Gasteiger partial charge in [0.2, 0.25) is 0 Å². The minimum Gasteiger partial charge on any atom is -0.468 e. The quantitative estimate of drug-likeness (QED) is 0.637. The number of rotatable bonds is 2. The summed E-state index contributed by atoms with van der Waals surface area (Å²) in [7, 11) is 1.23. The van der Waals surface area contributed by atoms with Crippen molar-refractivity contribution in [3.63, 3.8) is 0 Å². The van der Waals surface area contributed by atoms with E-state index in [9.17, 15) is 9.59 Å². The highest BCUT2D eigenvalue weighted by Gasteiger charge is 2.04. The van der Waals surface area contributed by atoms with Gasteiger partial charge in [0.15, 0.2) is 0 Å². The summed E-state index contributed by atoms with van der Waals surface area (Å²) >= 11 is 5.52. The molecule has 0 bridgehead atoms. The molecule has 0 atom stereocenters. The maximum atomic E-state index is 11.1. The number of carbonyl (C=O) groups excluding carboxylic acids is 1. The van der Waals surface area contributed by atoms with E-state index in [1.54, 1.807) is 0 Å². The Morgan fingerprint density at radius 2 is 2.38 bits per heavy atom. The van der Waals surface area contributed by atoms with E-state index in [-0.39, 0.29) is 11.7 Å². The minimum absolute atomic E-state index is 0.156. The van der Waals surface area contributed by atoms with E-state index in [4.69, 9.17) is 11.6 Å². The number of ether oxygens (including phenoxy) is 1. The summed E-state index contributed by atoms with van der Waals surface area (Å²) < 4.78 is 5.31. The molecule has 0 N–H and O–H groups in total. The number of hydrogen-bond acceptors (Lipinski definition) is 4. The topological polar surface area (TPSA) is 61.2 Å². The normalized spacial score (nSPS) is 9.69. The molecule has 0 aromatic carbocycles. The second-order valence-corrected chi connectivity index (χ2v) is 2.62. The summed E-state index contributed by atoms with van der Waals surface area (Å²) in [4.78, 5) is 21.8. The summed E-state index contributed by atoms with van der Waals surface area (Å²) in [5.74, 6) is -0.545. The van der Waals surface area contributed by atoms with Crippen molar-refractivity contribution in [3.05, 3.63) is 27.6 Å². The fourth-order valence-corrected chi connectivity index (χ4v) is 0.878. The highest BCUT2D eigenvalue weighted by molar-refractivity contribution is 6.29. The summed E-state index contributed by atoms with van der Waals surface area (Å²) in [6.45, 7) is -0.226. The molecule has 0 saturated carbocycles. The number of hydrogen-bond donors (Lipinski definition) is 0. The second kappa shape index (κ2) is 4.04. The summed E-state index contributed by atoms with van der Waals surface area (Å²) in [6.07, 6.45) is 0. The molecular formula is C7H7ClN2O3. The van der Waals surface area contributed by atoms with Crippen molar-refractivity contribution in [2.45, 2.75) is 6.54 Å². The van der Waals surface area contributed by atoms with Gasteiger partial charge in [0, 0.05) is 6.07 Å². The van der Waals surface area contributed by atoms with E-state index in [2.05, 4.69) is 9.84 Å². The fourth-order valence-electron chi connectivity index (χ4n) is 0.724. The van der Waals surface area contributed by atoms with Crippen LogP contribution in [-0.2, 0) is 16.1 Å². The predicted octanol–water partition coefficient (Wildman–Crippen LogP) is 0.0697. The molecular weight excluding hydrogens is 196 g/mol. The van der Waals surface area contributed by atoms with Crippen molar-refractivity contribution in [3.8, 4) is 0 Å². The SMILES string of the molecule is COC(=O)Cn1nc(Cl)ccc1=O. The number of aromatic nitrogens is 2. The molecule has 0 unspecified atom stereocenters. The first-order valence-electron chi connectivity index (χ1n) is 3.44. The zero-order chi connectivity index (χ0) is 9.84. The van der Waals surface area contributed by atoms with Crippen molar-refractivity contribution in [1.29, 1.82) is 0 Å². The molecule has 0 saturated heterocycles. The third-order valence-corrected chi connectivity index (χ3v) is 1.54. The molecule has 5 nitrogen and oxygen atoms in total. The highest BCUT2D eigenvalue weighted by atomic mass is 35.5. The molecule has 0 aliphatic heterocycles. The van der Waals surface area contributed by atoms with Crippen molar-refractivity contribution in [2.24, 2.45) is 0 Å². The first kappa shape index (κ1) is 9.73. The molecule has 0 fully saturated rings. The van der Waals surface area contributed by atoms with Crippen LogP contribution in [0.4, 0.5) is 0 Å². The van der Waals surface area contributed by atoms with Crippen molar-refractivity contribution < 1.29 is 9.53 Å². The Balaban J connectivity index is 2.94. The van der Waals surface area contributed by atoms with E-state index >= 15 is 0 Å². The molecule has 1 aromatic heterocycles. The Labute approximate surface area is 78.9 Å². The molecule has 0 amide bonds. The second-order valence-electron chi connectivity index (χ2n) is 2.23. The van der Waals surface area contributed by atoms with Crippen molar-refractivity contribution >= 4 is 17.6 Å². The first-order chi connectivity index (χ1) is 6.13. The van der Waals surface area contributed by atoms with Gasteiger partial charge in [0.1, 0.15) is 11.7 Å². The van der Waals surface area contributed by atoms with E-state index in [1.807, 2.05) is 0 Å². The minimum atomic E-state index is -0.545. The van der Waals surface area contributed by atoms with Gasteiger partial charge in [-0.1, -0.05) is 11.6 Å². The predicted molar refractivity (Wildman–Crippen MR) is 45.5 cm³/mol. The molecule has 70 valence electrons. The Morgan fingerprint density at radius 3 is 3.00 bits per heavy atom. The lowest BCUT2D eigenvalue weighted by molar-refractivity contribution is -0.141. The van der Waals surface area contributed by atoms with Crippen LogP contribution < -0.4 is 5.56 Å². The highest BCUT2D eigenvalue weighted by Crippen LogP contribution is 1.97. The molecule has 13 heavy (non-hydrogen) atoms. The Morgan fingerprint density at radius 1 is 1.69 bits per heavy atom. The lowest BCUT2D eigenvalue weighted by Gasteiger charge is -2.01. The smallest absolute Gasteiger partial charge is 0.327 e. The van der Waals surface area contributed by atoms with Gasteiger partial charge in [-0.25, -0.2) is 4.68 Å². The van der Waals surface area contributed by atoms with Crippen LogP contribution in [-0.4, -0.2) is 22.9 Å². The van der Waals surface area contributed by atoms with Crippen LogP contribution in [0.2, 0.25) is 5.15 Å². The Hall–Kier alpha value is -1.36. The summed E-state index contributed by atoms with van der Waals surface area (Å²) in [6, 6.07) is 2.59. The van der Waals surface area contributed by atoms with E-state index in [0.29, 0.717) is 0 Å². The van der Waals surface area contributed by atoms with E-state index in [0.717, 1.165) is 4.68 Å². The third kappa shape index (κ3) is 2.55. The van der Waals surface area contributed by atoms with Crippen molar-refractivity contribution in [1.82, 2.24) is 9.78 Å². The maximum absolute atomic E-state index is 11.1. The van der Waals surface area contributed by atoms with Gasteiger partial charge in [-0.15, -0.1) is 0 Å². The number of halogens is 1. The van der Waals surface area contributed by atoms with Gasteiger partial charge >= 0.3 is 5.97 Å². The third-order valence-electron chi connectivity index (χ3n) is 1.34. The van der Waals surface area contributed by atoms with Gasteiger partial charge in [-0.3, -0.25) is 9.59 Å². The molecule has 0 spiro atoms. The van der Waals surface area contributed by atoms with E-state index in [1.165, 1.54) is 19.2 Å². The molecule has 0 radical (unpaired) electrons. The van der Waals surface area contributed by atoms with Gasteiger partial charge in [-0.2, -0.15) is 5.10 Å². The van der Waals surface area contributed by atoms with Crippen LogP contribution in [0, 0.1) is 0 Å². The number of methoxy groups -OCH3 is 1. The lowest BCUT2D eigenvalue weighted by Crippen LogP contribution is -2.26. The van der Waals surface area contributed by atoms with Crippen LogP contribution in [0.25, 0.3) is 0 Å². The summed E-state index contributed by atoms with van der Waals surface area (Å²) in [5, 5.41) is 3.79. The summed E-state index contributed by atoms with van der Waals surface area (Å²) in [5.41, 5.74) is -0.394. The van der Waals surface area contributed by atoms with Gasteiger partial charge in [0.25, 0.3) is 5.56 Å². The van der Waals surface area contributed by atoms with Gasteiger partial charge in [0.05, 0.1) is 7.11 Å². The van der Waals surface area contributed by atoms with Gasteiger partial charge < -0.3 is 4.74 Å². The monoisotopic (exact) mass is 202 g/mol. The zero-order valence-corrected chi connectivity index (χ0v) is 7.61. The molecule has 0 aliphatic carbocycles. The average molecular weight is 203 g/mol. The Bertz CT molecular complexity index is 374. The number of nitrogens with zero attached hydrogens (tertiary/aromatic N) is 2. The zero-order valence-electron chi connectivity index (χ0n) is 6.86. The standard InChI is InChI=1S/C7H7ClN2O3/c1-13-7(12)4-10-6(11)3-2-5(8)9-10/h2-3H,4H2,1H3. The van der Waals surface area contributed by atoms with Crippen LogP contribution in [0.15, 0.2) is 16.9 Å². The first-order valence-corrected chi connectivity index (χ1v) is 3.82. The molecule has 0 aliphatic rings. The number of esters is 1. The average Bonchev–Trinajstić information content (AvgIpc) is 2.11. The molecule has 1 heterocycles. The Kier molecular flexibility index (Phi) is 3.02. The van der Waals surface area contributed by atoms with Crippen LogP contribution in [0.1, 0.15) is 0 Å². The fraction of sp³-hybridized carbons (Fsp3) is 0.286. The maximum Gasteiger partial charge on any atom is 0.327 e.